The van der Waals surface area contributed by atoms with Crippen LogP contribution < -0.4 is 19.3 Å². The number of rotatable bonds is 6. The molecule has 0 saturated carbocycles. The summed E-state index contributed by atoms with van der Waals surface area (Å²) in [6.07, 6.45) is 0. The first kappa shape index (κ1) is 19.5. The van der Waals surface area contributed by atoms with Gasteiger partial charge in [0.15, 0.2) is 18.0 Å². The zero-order valence-corrected chi connectivity index (χ0v) is 17.6. The van der Waals surface area contributed by atoms with Crippen LogP contribution >= 0.6 is 22.9 Å². The number of fused-ring (bicyclic) bond motifs is 1. The Hall–Kier alpha value is -1.80. The molecule has 4 rings (SSSR count). The van der Waals surface area contributed by atoms with Crippen LogP contribution in [0.3, 0.4) is 0 Å². The number of carbonyl (C=O) groups is 1. The SMILES string of the molecule is C[NH+](CC(=O)N1CC[NH+](Cc2ccc3c(c2)OCO3)CC1)Cc1ccc(Cl)s1. The van der Waals surface area contributed by atoms with Crippen LogP contribution in [-0.4, -0.2) is 57.4 Å². The zero-order chi connectivity index (χ0) is 19.5. The van der Waals surface area contributed by atoms with Gasteiger partial charge in [0.1, 0.15) is 13.1 Å². The topological polar surface area (TPSA) is 47.7 Å². The number of nitrogens with one attached hydrogen (secondary N) is 2. The molecule has 1 unspecified atom stereocenters. The fourth-order valence-corrected chi connectivity index (χ4v) is 4.97. The number of quaternary nitrogens is 2. The van der Waals surface area contributed by atoms with Crippen LogP contribution in [0.2, 0.25) is 4.34 Å². The summed E-state index contributed by atoms with van der Waals surface area (Å²) in [6, 6.07) is 10.1. The lowest BCUT2D eigenvalue weighted by molar-refractivity contribution is -0.918. The predicted molar refractivity (Wildman–Crippen MR) is 108 cm³/mol. The van der Waals surface area contributed by atoms with Crippen molar-refractivity contribution in [3.05, 3.63) is 45.1 Å². The lowest BCUT2D eigenvalue weighted by Crippen LogP contribution is -3.14. The standard InChI is InChI=1S/C20H24ClN3O3S/c1-22(12-16-3-5-19(21)28-16)13-20(25)24-8-6-23(7-9-24)11-15-2-4-17-18(10-15)27-14-26-17/h2-5,10H,6-9,11-14H2,1H3/p+2. The maximum atomic E-state index is 12.6. The van der Waals surface area contributed by atoms with E-state index in [-0.39, 0.29) is 5.91 Å². The maximum Gasteiger partial charge on any atom is 0.278 e. The second kappa shape index (κ2) is 8.69. The molecule has 0 spiro atoms. The number of thiophene rings is 1. The van der Waals surface area contributed by atoms with Crippen LogP contribution in [0, 0.1) is 0 Å². The summed E-state index contributed by atoms with van der Waals surface area (Å²) < 4.78 is 11.6. The molecule has 150 valence electrons. The molecule has 0 aliphatic carbocycles. The van der Waals surface area contributed by atoms with Gasteiger partial charge in [-0.2, -0.15) is 0 Å². The van der Waals surface area contributed by atoms with Gasteiger partial charge in [-0.05, 0) is 30.3 Å². The van der Waals surface area contributed by atoms with E-state index in [4.69, 9.17) is 21.1 Å². The summed E-state index contributed by atoms with van der Waals surface area (Å²) in [4.78, 5) is 18.6. The summed E-state index contributed by atoms with van der Waals surface area (Å²) in [5, 5.41) is 0. The fraction of sp³-hybridized carbons (Fsp3) is 0.450. The normalized spacial score (nSPS) is 17.7. The van der Waals surface area contributed by atoms with E-state index in [0.717, 1.165) is 55.1 Å². The number of nitrogens with zero attached hydrogens (tertiary/aromatic N) is 1. The molecular weight excluding hydrogens is 398 g/mol. The number of amides is 1. The second-order valence-corrected chi connectivity index (χ2v) is 9.31. The first-order valence-corrected chi connectivity index (χ1v) is 10.8. The molecule has 2 aliphatic rings. The average Bonchev–Trinajstić information content (AvgIpc) is 3.30. The zero-order valence-electron chi connectivity index (χ0n) is 16.0. The van der Waals surface area contributed by atoms with E-state index in [1.54, 1.807) is 11.3 Å². The van der Waals surface area contributed by atoms with E-state index in [1.807, 2.05) is 23.1 Å². The summed E-state index contributed by atoms with van der Waals surface area (Å²) >= 11 is 7.58. The molecule has 1 atom stereocenters. The van der Waals surface area contributed by atoms with E-state index in [9.17, 15) is 4.79 Å². The van der Waals surface area contributed by atoms with E-state index < -0.39 is 0 Å². The number of benzene rings is 1. The third-order valence-corrected chi connectivity index (χ3v) is 6.50. The second-order valence-electron chi connectivity index (χ2n) is 7.51. The fourth-order valence-electron chi connectivity index (χ4n) is 3.77. The van der Waals surface area contributed by atoms with E-state index in [0.29, 0.717) is 13.3 Å². The highest BCUT2D eigenvalue weighted by atomic mass is 35.5. The Bertz CT molecular complexity index is 836. The van der Waals surface area contributed by atoms with Crippen LogP contribution in [0.25, 0.3) is 0 Å². The van der Waals surface area contributed by atoms with Crippen molar-refractivity contribution in [3.8, 4) is 11.5 Å². The van der Waals surface area contributed by atoms with Gasteiger partial charge in [-0.15, -0.1) is 11.3 Å². The molecule has 6 nitrogen and oxygen atoms in total. The van der Waals surface area contributed by atoms with Gasteiger partial charge in [0, 0.05) is 5.56 Å². The number of likely N-dealkylation sites (N-methyl/N-ethyl adjacent to an activating group) is 1. The molecule has 1 amide bonds. The quantitative estimate of drug-likeness (QED) is 0.691. The van der Waals surface area contributed by atoms with Crippen LogP contribution in [-0.2, 0) is 17.9 Å². The number of ether oxygens (including phenoxy) is 2. The molecule has 1 aromatic carbocycles. The first-order chi connectivity index (χ1) is 13.6. The molecule has 28 heavy (non-hydrogen) atoms. The Balaban J connectivity index is 1.22. The third kappa shape index (κ3) is 4.78. The highest BCUT2D eigenvalue weighted by Crippen LogP contribution is 2.32. The average molecular weight is 424 g/mol. The van der Waals surface area contributed by atoms with Gasteiger partial charge < -0.3 is 24.2 Å². The highest BCUT2D eigenvalue weighted by molar-refractivity contribution is 7.16. The summed E-state index contributed by atoms with van der Waals surface area (Å²) in [7, 11) is 2.06. The largest absolute Gasteiger partial charge is 0.454 e. The van der Waals surface area contributed by atoms with Crippen molar-refractivity contribution in [1.29, 1.82) is 0 Å². The molecule has 2 N–H and O–H groups in total. The summed E-state index contributed by atoms with van der Waals surface area (Å²) in [5.74, 6) is 1.90. The van der Waals surface area contributed by atoms with Gasteiger partial charge >= 0.3 is 0 Å². The lowest BCUT2D eigenvalue weighted by Gasteiger charge is -2.32. The number of hydrogen-bond donors (Lipinski definition) is 2. The van der Waals surface area contributed by atoms with Crippen LogP contribution in [0.5, 0.6) is 11.5 Å². The summed E-state index contributed by atoms with van der Waals surface area (Å²) in [6.45, 7) is 6.18. The number of halogens is 1. The monoisotopic (exact) mass is 423 g/mol. The third-order valence-electron chi connectivity index (χ3n) is 5.27. The van der Waals surface area contributed by atoms with Gasteiger partial charge in [-0.3, -0.25) is 4.79 Å². The molecule has 2 aliphatic heterocycles. The molecule has 0 bridgehead atoms. The molecule has 1 fully saturated rings. The minimum absolute atomic E-state index is 0.238. The van der Waals surface area contributed by atoms with Crippen molar-refractivity contribution < 1.29 is 24.1 Å². The Morgan fingerprint density at radius 3 is 2.75 bits per heavy atom. The van der Waals surface area contributed by atoms with Gasteiger partial charge in [0.05, 0.1) is 42.4 Å². The van der Waals surface area contributed by atoms with Crippen molar-refractivity contribution in [2.45, 2.75) is 13.1 Å². The van der Waals surface area contributed by atoms with Crippen molar-refractivity contribution in [2.75, 3.05) is 46.6 Å². The smallest absolute Gasteiger partial charge is 0.278 e. The van der Waals surface area contributed by atoms with Gasteiger partial charge in [-0.1, -0.05) is 11.6 Å². The molecule has 8 heteroatoms. The minimum Gasteiger partial charge on any atom is -0.454 e. The first-order valence-electron chi connectivity index (χ1n) is 9.62. The van der Waals surface area contributed by atoms with Crippen LogP contribution in [0.4, 0.5) is 0 Å². The van der Waals surface area contributed by atoms with Crippen LogP contribution in [0.15, 0.2) is 30.3 Å². The molecule has 2 aromatic rings. The van der Waals surface area contributed by atoms with Crippen molar-refractivity contribution in [2.24, 2.45) is 0 Å². The summed E-state index contributed by atoms with van der Waals surface area (Å²) in [5.41, 5.74) is 1.25. The van der Waals surface area contributed by atoms with E-state index >= 15 is 0 Å². The molecule has 0 radical (unpaired) electrons. The predicted octanol–water partition coefficient (Wildman–Crippen LogP) is 0.0722. The number of piperazine rings is 1. The van der Waals surface area contributed by atoms with Crippen molar-refractivity contribution in [3.63, 3.8) is 0 Å². The van der Waals surface area contributed by atoms with Gasteiger partial charge in [0.25, 0.3) is 5.91 Å². The molecule has 1 saturated heterocycles. The minimum atomic E-state index is 0.238. The van der Waals surface area contributed by atoms with Crippen molar-refractivity contribution in [1.82, 2.24) is 4.90 Å². The maximum absolute atomic E-state index is 12.6. The van der Waals surface area contributed by atoms with E-state index in [1.165, 1.54) is 20.2 Å². The number of hydrogen-bond acceptors (Lipinski definition) is 4. The van der Waals surface area contributed by atoms with Gasteiger partial charge in [-0.25, -0.2) is 0 Å². The Kier molecular flexibility index (Phi) is 6.06. The molecular formula is C20H26ClN3O3S+2. The Morgan fingerprint density at radius 1 is 1.21 bits per heavy atom. The van der Waals surface area contributed by atoms with Crippen molar-refractivity contribution >= 4 is 28.8 Å². The van der Waals surface area contributed by atoms with Gasteiger partial charge in [0.2, 0.25) is 6.79 Å². The van der Waals surface area contributed by atoms with E-state index in [2.05, 4.69) is 19.2 Å². The number of carbonyl (C=O) groups excluding carboxylic acids is 1. The highest BCUT2D eigenvalue weighted by Gasteiger charge is 2.26. The van der Waals surface area contributed by atoms with Crippen LogP contribution in [0.1, 0.15) is 10.4 Å². The Labute approximate surface area is 174 Å². The lowest BCUT2D eigenvalue weighted by atomic mass is 10.1. The molecule has 3 heterocycles. The molecule has 1 aromatic heterocycles. The Morgan fingerprint density at radius 2 is 2.00 bits per heavy atom.